The molecule has 1 aliphatic heterocycles. The van der Waals surface area contributed by atoms with Crippen LogP contribution in [0.2, 0.25) is 5.02 Å². The molecule has 1 fully saturated rings. The summed E-state index contributed by atoms with van der Waals surface area (Å²) in [6.07, 6.45) is 1.54. The van der Waals surface area contributed by atoms with Crippen LogP contribution in [0.1, 0.15) is 18.9 Å². The lowest BCUT2D eigenvalue weighted by atomic mass is 10.1. The van der Waals surface area contributed by atoms with Gasteiger partial charge in [-0.15, -0.1) is 0 Å². The number of benzene rings is 1. The van der Waals surface area contributed by atoms with Crippen molar-refractivity contribution in [1.82, 2.24) is 4.90 Å². The van der Waals surface area contributed by atoms with Gasteiger partial charge in [-0.1, -0.05) is 29.8 Å². The average Bonchev–Trinajstić information content (AvgIpc) is 2.69. The van der Waals surface area contributed by atoms with E-state index >= 15 is 0 Å². The fraction of sp³-hybridized carbons (Fsp3) is 0.267. The second kappa shape index (κ2) is 6.54. The number of hydrogen-bond donors (Lipinski definition) is 0. The van der Waals surface area contributed by atoms with Crippen molar-refractivity contribution in [2.75, 3.05) is 13.2 Å². The summed E-state index contributed by atoms with van der Waals surface area (Å²) in [4.78, 5) is 36.3. The van der Waals surface area contributed by atoms with Crippen LogP contribution in [0.15, 0.2) is 29.8 Å². The largest absolute Gasteiger partial charge is 0.465 e. The first-order valence-electron chi connectivity index (χ1n) is 6.48. The molecule has 1 aromatic rings. The number of carbonyl (C=O) groups excluding carboxylic acids is 3. The minimum Gasteiger partial charge on any atom is -0.465 e. The number of halogens is 1. The highest BCUT2D eigenvalue weighted by atomic mass is 35.5. The summed E-state index contributed by atoms with van der Waals surface area (Å²) in [5.74, 6) is -1.49. The van der Waals surface area contributed by atoms with Gasteiger partial charge in [0.15, 0.2) is 0 Å². The number of ether oxygens (including phenoxy) is 1. The maximum atomic E-state index is 12.2. The van der Waals surface area contributed by atoms with E-state index in [1.807, 2.05) is 0 Å². The Labute approximate surface area is 127 Å². The van der Waals surface area contributed by atoms with Gasteiger partial charge >= 0.3 is 5.97 Å². The van der Waals surface area contributed by atoms with Crippen LogP contribution >= 0.6 is 11.6 Å². The van der Waals surface area contributed by atoms with Gasteiger partial charge in [0, 0.05) is 10.6 Å². The molecule has 0 bridgehead atoms. The fourth-order valence-electron chi connectivity index (χ4n) is 2.01. The van der Waals surface area contributed by atoms with E-state index in [2.05, 4.69) is 0 Å². The van der Waals surface area contributed by atoms with E-state index in [1.165, 1.54) is 0 Å². The maximum absolute atomic E-state index is 12.2. The predicted octanol–water partition coefficient (Wildman–Crippen LogP) is 2.05. The van der Waals surface area contributed by atoms with Gasteiger partial charge < -0.3 is 4.74 Å². The number of likely N-dealkylation sites (tertiary alicyclic amines) is 1. The first-order chi connectivity index (χ1) is 10.0. The molecule has 1 saturated heterocycles. The van der Waals surface area contributed by atoms with Gasteiger partial charge in [0.05, 0.1) is 13.0 Å². The Morgan fingerprint density at radius 3 is 2.76 bits per heavy atom. The summed E-state index contributed by atoms with van der Waals surface area (Å²) in [6.45, 7) is 1.51. The van der Waals surface area contributed by atoms with E-state index in [4.69, 9.17) is 16.3 Å². The molecule has 1 aliphatic rings. The predicted molar refractivity (Wildman–Crippen MR) is 77.4 cm³/mol. The van der Waals surface area contributed by atoms with Gasteiger partial charge in [0.1, 0.15) is 6.54 Å². The second-order valence-electron chi connectivity index (χ2n) is 4.46. The van der Waals surface area contributed by atoms with Crippen LogP contribution in [-0.4, -0.2) is 35.8 Å². The van der Waals surface area contributed by atoms with E-state index in [1.54, 1.807) is 37.3 Å². The Bertz CT molecular complexity index is 624. The topological polar surface area (TPSA) is 63.7 Å². The van der Waals surface area contributed by atoms with Crippen LogP contribution in [0.5, 0.6) is 0 Å². The molecule has 21 heavy (non-hydrogen) atoms. The van der Waals surface area contributed by atoms with Crippen molar-refractivity contribution < 1.29 is 19.1 Å². The minimum atomic E-state index is -0.599. The van der Waals surface area contributed by atoms with E-state index in [9.17, 15) is 14.4 Å². The van der Waals surface area contributed by atoms with Crippen molar-refractivity contribution in [3.05, 3.63) is 40.4 Å². The molecule has 0 aromatic heterocycles. The lowest BCUT2D eigenvalue weighted by Gasteiger charge is -2.11. The number of hydrogen-bond acceptors (Lipinski definition) is 4. The Morgan fingerprint density at radius 1 is 1.38 bits per heavy atom. The quantitative estimate of drug-likeness (QED) is 0.485. The number of carbonyl (C=O) groups is 3. The van der Waals surface area contributed by atoms with E-state index < -0.39 is 17.8 Å². The highest BCUT2D eigenvalue weighted by Crippen LogP contribution is 2.24. The minimum absolute atomic E-state index is 0.0382. The van der Waals surface area contributed by atoms with Crippen LogP contribution in [0, 0.1) is 0 Å². The summed E-state index contributed by atoms with van der Waals surface area (Å²) in [7, 11) is 0. The molecule has 6 heteroatoms. The molecule has 0 atom stereocenters. The first kappa shape index (κ1) is 15.3. The Balaban J connectivity index is 2.18. The van der Waals surface area contributed by atoms with E-state index in [0.717, 1.165) is 4.90 Å². The highest BCUT2D eigenvalue weighted by Gasteiger charge is 2.35. The highest BCUT2D eigenvalue weighted by molar-refractivity contribution is 6.32. The second-order valence-corrected chi connectivity index (χ2v) is 4.87. The molecule has 0 N–H and O–H groups in total. The number of rotatable bonds is 4. The van der Waals surface area contributed by atoms with Gasteiger partial charge in [-0.25, -0.2) is 0 Å². The molecule has 0 spiro atoms. The molecular formula is C15H14ClNO4. The number of amides is 2. The molecule has 110 valence electrons. The van der Waals surface area contributed by atoms with Crippen LogP contribution in [0.4, 0.5) is 0 Å². The molecule has 1 heterocycles. The lowest BCUT2D eigenvalue weighted by molar-refractivity contribution is -0.151. The van der Waals surface area contributed by atoms with Gasteiger partial charge in [-0.3, -0.25) is 19.3 Å². The third-order valence-electron chi connectivity index (χ3n) is 2.99. The number of esters is 1. The van der Waals surface area contributed by atoms with Crippen LogP contribution in [-0.2, 0) is 19.1 Å². The molecule has 2 amide bonds. The zero-order valence-electron chi connectivity index (χ0n) is 11.5. The van der Waals surface area contributed by atoms with Gasteiger partial charge in [0.25, 0.3) is 5.91 Å². The van der Waals surface area contributed by atoms with Gasteiger partial charge in [-0.2, -0.15) is 0 Å². The zero-order valence-corrected chi connectivity index (χ0v) is 12.2. The average molecular weight is 308 g/mol. The molecule has 0 aliphatic carbocycles. The Kier molecular flexibility index (Phi) is 4.75. The Morgan fingerprint density at radius 2 is 2.10 bits per heavy atom. The van der Waals surface area contributed by atoms with Gasteiger partial charge in [0.2, 0.25) is 5.91 Å². The molecule has 0 radical (unpaired) electrons. The molecule has 1 aromatic carbocycles. The van der Waals surface area contributed by atoms with Crippen molar-refractivity contribution in [2.45, 2.75) is 13.3 Å². The van der Waals surface area contributed by atoms with Crippen molar-refractivity contribution >= 4 is 35.5 Å². The van der Waals surface area contributed by atoms with Crippen molar-refractivity contribution in [3.8, 4) is 0 Å². The smallest absolute Gasteiger partial charge is 0.326 e. The van der Waals surface area contributed by atoms with E-state index in [0.29, 0.717) is 16.2 Å². The van der Waals surface area contributed by atoms with Crippen LogP contribution in [0.25, 0.3) is 6.08 Å². The van der Waals surface area contributed by atoms with Crippen molar-refractivity contribution in [2.24, 2.45) is 0 Å². The normalized spacial score (nSPS) is 16.7. The third kappa shape index (κ3) is 3.49. The number of nitrogens with zero attached hydrogens (tertiary/aromatic N) is 1. The zero-order chi connectivity index (χ0) is 15.4. The molecule has 5 nitrogen and oxygen atoms in total. The van der Waals surface area contributed by atoms with Crippen molar-refractivity contribution in [1.29, 1.82) is 0 Å². The van der Waals surface area contributed by atoms with E-state index in [-0.39, 0.29) is 19.6 Å². The Hall–Kier alpha value is -2.14. The summed E-state index contributed by atoms with van der Waals surface area (Å²) in [5, 5.41) is 0.495. The van der Waals surface area contributed by atoms with Gasteiger partial charge in [-0.05, 0) is 24.6 Å². The standard InChI is InChI=1S/C15H14ClNO4/c1-2-21-14(19)9-17-13(18)8-11(15(17)20)7-10-5-3-4-6-12(10)16/h3-7H,2,8-9H2,1H3/b11-7+. The third-order valence-corrected chi connectivity index (χ3v) is 3.33. The molecule has 0 unspecified atom stereocenters. The molecule has 2 rings (SSSR count). The van der Waals surface area contributed by atoms with Crippen molar-refractivity contribution in [3.63, 3.8) is 0 Å². The summed E-state index contributed by atoms with van der Waals surface area (Å²) >= 11 is 6.02. The van der Waals surface area contributed by atoms with Crippen LogP contribution in [0.3, 0.4) is 0 Å². The monoisotopic (exact) mass is 307 g/mol. The maximum Gasteiger partial charge on any atom is 0.326 e. The summed E-state index contributed by atoms with van der Waals surface area (Å²) < 4.78 is 4.75. The SMILES string of the molecule is CCOC(=O)CN1C(=O)C/C(=C\c2ccccc2Cl)C1=O. The van der Waals surface area contributed by atoms with Crippen LogP contribution < -0.4 is 0 Å². The first-order valence-corrected chi connectivity index (χ1v) is 6.86. The summed E-state index contributed by atoms with van der Waals surface area (Å²) in [6, 6.07) is 7.02. The fourth-order valence-corrected chi connectivity index (χ4v) is 2.20. The number of imide groups is 1. The lowest BCUT2D eigenvalue weighted by Crippen LogP contribution is -2.35. The molecule has 0 saturated carbocycles. The molecular weight excluding hydrogens is 294 g/mol. The summed E-state index contributed by atoms with van der Waals surface area (Å²) in [5.41, 5.74) is 0.977.